The van der Waals surface area contributed by atoms with Crippen molar-refractivity contribution in [3.63, 3.8) is 0 Å². The van der Waals surface area contributed by atoms with Crippen LogP contribution in [-0.2, 0) is 14.8 Å². The molecule has 6 nitrogen and oxygen atoms in total. The molecule has 5 N–H and O–H groups in total. The molecule has 8 heteroatoms. The van der Waals surface area contributed by atoms with Crippen molar-refractivity contribution in [1.82, 2.24) is 4.72 Å². The predicted octanol–water partition coefficient (Wildman–Crippen LogP) is 0.774. The number of aryl methyl sites for hydroxylation is 1. The number of halogens is 1. The zero-order chi connectivity index (χ0) is 14.6. The number of nitrogens with two attached hydrogens (primary N) is 2. The Balaban J connectivity index is 2.83. The number of nitrogen functional groups attached to an aromatic ring is 1. The summed E-state index contributed by atoms with van der Waals surface area (Å²) < 4.78 is 26.3. The molecule has 0 aromatic heterocycles. The maximum atomic E-state index is 12.0. The van der Waals surface area contributed by atoms with Gasteiger partial charge in [-0.1, -0.05) is 11.6 Å². The Bertz CT molecular complexity index is 587. The third kappa shape index (κ3) is 4.38. The predicted molar refractivity (Wildman–Crippen MR) is 74.2 cm³/mol. The van der Waals surface area contributed by atoms with Gasteiger partial charge in [0.2, 0.25) is 15.9 Å². The minimum atomic E-state index is -3.74. The van der Waals surface area contributed by atoms with E-state index in [4.69, 9.17) is 23.1 Å². The van der Waals surface area contributed by atoms with Crippen LogP contribution in [0.2, 0.25) is 5.02 Å². The largest absolute Gasteiger partial charge is 0.398 e. The molecule has 0 bridgehead atoms. The highest BCUT2D eigenvalue weighted by molar-refractivity contribution is 7.89. The van der Waals surface area contributed by atoms with Crippen molar-refractivity contribution >= 4 is 33.2 Å². The third-order valence-corrected chi connectivity index (χ3v) is 4.43. The first-order valence-electron chi connectivity index (χ1n) is 5.57. The van der Waals surface area contributed by atoms with Crippen LogP contribution in [0.4, 0.5) is 5.69 Å². The molecule has 0 aliphatic carbocycles. The molecule has 19 heavy (non-hydrogen) atoms. The molecule has 0 aliphatic heterocycles. The molecule has 0 aliphatic rings. The van der Waals surface area contributed by atoms with E-state index in [1.54, 1.807) is 6.92 Å². The lowest BCUT2D eigenvalue weighted by Crippen LogP contribution is -2.26. The van der Waals surface area contributed by atoms with Gasteiger partial charge >= 0.3 is 0 Å². The Morgan fingerprint density at radius 2 is 2.05 bits per heavy atom. The normalized spacial score (nSPS) is 11.5. The van der Waals surface area contributed by atoms with Gasteiger partial charge in [-0.15, -0.1) is 0 Å². The van der Waals surface area contributed by atoms with Crippen LogP contribution in [0, 0.1) is 6.92 Å². The number of carbonyl (C=O) groups is 1. The number of hydrogen-bond acceptors (Lipinski definition) is 4. The smallest absolute Gasteiger partial charge is 0.242 e. The number of nitrogens with one attached hydrogen (secondary N) is 1. The van der Waals surface area contributed by atoms with Crippen molar-refractivity contribution in [3.8, 4) is 0 Å². The molecule has 0 unspecified atom stereocenters. The Morgan fingerprint density at radius 3 is 2.63 bits per heavy atom. The van der Waals surface area contributed by atoms with E-state index in [0.717, 1.165) is 0 Å². The quantitative estimate of drug-likeness (QED) is 0.532. The van der Waals surface area contributed by atoms with E-state index in [-0.39, 0.29) is 22.9 Å². The lowest BCUT2D eigenvalue weighted by atomic mass is 10.2. The summed E-state index contributed by atoms with van der Waals surface area (Å²) in [6.45, 7) is 1.84. The Hall–Kier alpha value is -1.31. The van der Waals surface area contributed by atoms with E-state index >= 15 is 0 Å². The number of anilines is 1. The van der Waals surface area contributed by atoms with Crippen LogP contribution in [0.3, 0.4) is 0 Å². The molecular formula is C11H16ClN3O3S. The van der Waals surface area contributed by atoms with Crippen molar-refractivity contribution in [2.75, 3.05) is 12.3 Å². The molecule has 0 saturated heterocycles. The molecular weight excluding hydrogens is 290 g/mol. The van der Waals surface area contributed by atoms with Crippen LogP contribution in [0.1, 0.15) is 18.4 Å². The highest BCUT2D eigenvalue weighted by Gasteiger charge is 2.18. The lowest BCUT2D eigenvalue weighted by molar-refractivity contribution is -0.118. The van der Waals surface area contributed by atoms with Gasteiger partial charge in [0, 0.05) is 18.7 Å². The zero-order valence-electron chi connectivity index (χ0n) is 10.4. The van der Waals surface area contributed by atoms with Gasteiger partial charge in [-0.2, -0.15) is 0 Å². The van der Waals surface area contributed by atoms with Crippen LogP contribution in [0.15, 0.2) is 17.0 Å². The van der Waals surface area contributed by atoms with E-state index in [2.05, 4.69) is 4.72 Å². The minimum absolute atomic E-state index is 0.0728. The summed E-state index contributed by atoms with van der Waals surface area (Å²) in [6.07, 6.45) is 0.444. The maximum absolute atomic E-state index is 12.0. The van der Waals surface area contributed by atoms with Crippen LogP contribution in [0.25, 0.3) is 0 Å². The van der Waals surface area contributed by atoms with E-state index in [1.165, 1.54) is 12.1 Å². The van der Waals surface area contributed by atoms with Crippen LogP contribution < -0.4 is 16.2 Å². The maximum Gasteiger partial charge on any atom is 0.242 e. The van der Waals surface area contributed by atoms with E-state index in [9.17, 15) is 13.2 Å². The summed E-state index contributed by atoms with van der Waals surface area (Å²) in [7, 11) is -3.74. The Labute approximate surface area is 117 Å². The fraction of sp³-hybridized carbons (Fsp3) is 0.364. The van der Waals surface area contributed by atoms with Crippen molar-refractivity contribution in [2.24, 2.45) is 5.73 Å². The second kappa shape index (κ2) is 6.23. The number of hydrogen-bond donors (Lipinski definition) is 3. The SMILES string of the molecule is Cc1cc(Cl)c(S(=O)(=O)NCCCC(N)=O)cc1N. The molecule has 0 atom stereocenters. The number of sulfonamides is 1. The number of carbonyl (C=O) groups excluding carboxylic acids is 1. The van der Waals surface area contributed by atoms with Gasteiger partial charge in [0.15, 0.2) is 0 Å². The van der Waals surface area contributed by atoms with E-state index < -0.39 is 15.9 Å². The molecule has 0 saturated carbocycles. The topological polar surface area (TPSA) is 115 Å². The van der Waals surface area contributed by atoms with E-state index in [0.29, 0.717) is 17.7 Å². The van der Waals surface area contributed by atoms with Gasteiger partial charge in [0.05, 0.1) is 5.02 Å². The van der Waals surface area contributed by atoms with Crippen molar-refractivity contribution < 1.29 is 13.2 Å². The summed E-state index contributed by atoms with van der Waals surface area (Å²) in [5.74, 6) is -0.475. The lowest BCUT2D eigenvalue weighted by Gasteiger charge is -2.10. The molecule has 106 valence electrons. The molecule has 0 radical (unpaired) electrons. The highest BCUT2D eigenvalue weighted by Crippen LogP contribution is 2.26. The number of primary amides is 1. The first kappa shape index (κ1) is 15.7. The minimum Gasteiger partial charge on any atom is -0.398 e. The Morgan fingerprint density at radius 1 is 1.42 bits per heavy atom. The van der Waals surface area contributed by atoms with Gasteiger partial charge < -0.3 is 11.5 Å². The fourth-order valence-corrected chi connectivity index (χ4v) is 3.11. The number of benzene rings is 1. The summed E-state index contributed by atoms with van der Waals surface area (Å²) in [5, 5.41) is 0.106. The van der Waals surface area contributed by atoms with Gasteiger partial charge in [-0.3, -0.25) is 4.79 Å². The standard InChI is InChI=1S/C11H16ClN3O3S/c1-7-5-8(12)10(6-9(7)13)19(17,18)15-4-2-3-11(14)16/h5-6,15H,2-4,13H2,1H3,(H2,14,16). The zero-order valence-corrected chi connectivity index (χ0v) is 12.0. The monoisotopic (exact) mass is 305 g/mol. The van der Waals surface area contributed by atoms with Crippen molar-refractivity contribution in [3.05, 3.63) is 22.7 Å². The van der Waals surface area contributed by atoms with Gasteiger partial charge in [-0.05, 0) is 31.0 Å². The molecule has 1 aromatic carbocycles. The molecule has 0 spiro atoms. The molecule has 0 fully saturated rings. The second-order valence-electron chi connectivity index (χ2n) is 4.11. The Kier molecular flexibility index (Phi) is 5.16. The molecule has 0 heterocycles. The summed E-state index contributed by atoms with van der Waals surface area (Å²) in [4.78, 5) is 10.5. The summed E-state index contributed by atoms with van der Waals surface area (Å²) >= 11 is 5.90. The van der Waals surface area contributed by atoms with Gasteiger partial charge in [-0.25, -0.2) is 13.1 Å². The first-order valence-corrected chi connectivity index (χ1v) is 7.43. The van der Waals surface area contributed by atoms with Crippen molar-refractivity contribution in [1.29, 1.82) is 0 Å². The fourth-order valence-electron chi connectivity index (χ4n) is 1.42. The molecule has 1 aromatic rings. The average Bonchev–Trinajstić information content (AvgIpc) is 2.29. The van der Waals surface area contributed by atoms with Crippen LogP contribution in [0.5, 0.6) is 0 Å². The van der Waals surface area contributed by atoms with Crippen LogP contribution in [-0.4, -0.2) is 20.9 Å². The van der Waals surface area contributed by atoms with Crippen LogP contribution >= 0.6 is 11.6 Å². The summed E-state index contributed by atoms with van der Waals surface area (Å²) in [6, 6.07) is 2.81. The average molecular weight is 306 g/mol. The number of amides is 1. The van der Waals surface area contributed by atoms with E-state index in [1.807, 2.05) is 0 Å². The summed E-state index contributed by atoms with van der Waals surface area (Å²) in [5.41, 5.74) is 11.7. The van der Waals surface area contributed by atoms with Gasteiger partial charge in [0.1, 0.15) is 4.90 Å². The van der Waals surface area contributed by atoms with Crippen molar-refractivity contribution in [2.45, 2.75) is 24.7 Å². The third-order valence-electron chi connectivity index (χ3n) is 2.50. The second-order valence-corrected chi connectivity index (χ2v) is 6.25. The first-order chi connectivity index (χ1) is 8.74. The number of rotatable bonds is 6. The van der Waals surface area contributed by atoms with Gasteiger partial charge in [0.25, 0.3) is 0 Å². The molecule has 1 rings (SSSR count). The highest BCUT2D eigenvalue weighted by atomic mass is 35.5. The molecule has 1 amide bonds.